The molecule has 0 heterocycles. The van der Waals surface area contributed by atoms with Gasteiger partial charge in [0.1, 0.15) is 11.3 Å². The summed E-state index contributed by atoms with van der Waals surface area (Å²) in [7, 11) is 0. The molecule has 0 atom stereocenters. The summed E-state index contributed by atoms with van der Waals surface area (Å²) >= 11 is 0. The number of phenols is 1. The Labute approximate surface area is 141 Å². The van der Waals surface area contributed by atoms with Gasteiger partial charge in [-0.1, -0.05) is 36.4 Å². The quantitative estimate of drug-likeness (QED) is 0.654. The SMILES string of the molecule is C=C(C)CN(CC)C(=O)COC(=O)c1cc2ccccc2cc1O. The number of hydrogen-bond acceptors (Lipinski definition) is 4. The Morgan fingerprint density at radius 3 is 2.42 bits per heavy atom. The Kier molecular flexibility index (Phi) is 5.58. The number of nitrogens with zero attached hydrogens (tertiary/aromatic N) is 1. The van der Waals surface area contributed by atoms with Gasteiger partial charge in [-0.2, -0.15) is 0 Å². The van der Waals surface area contributed by atoms with Crippen LogP contribution in [0.5, 0.6) is 5.75 Å². The second-order valence-corrected chi connectivity index (χ2v) is 5.66. The number of carbonyl (C=O) groups excluding carboxylic acids is 2. The third kappa shape index (κ3) is 4.13. The molecule has 0 unspecified atom stereocenters. The lowest BCUT2D eigenvalue weighted by Crippen LogP contribution is -2.35. The van der Waals surface area contributed by atoms with Crippen molar-refractivity contribution in [2.75, 3.05) is 19.7 Å². The molecule has 1 amide bonds. The van der Waals surface area contributed by atoms with Gasteiger partial charge in [-0.15, -0.1) is 0 Å². The standard InChI is InChI=1S/C19H21NO4/c1-4-20(11-13(2)3)18(22)12-24-19(23)16-9-14-7-5-6-8-15(14)10-17(16)21/h5-10,21H,2,4,11-12H2,1,3H3. The van der Waals surface area contributed by atoms with Crippen molar-refractivity contribution < 1.29 is 19.4 Å². The Hall–Kier alpha value is -2.82. The molecular weight excluding hydrogens is 306 g/mol. The van der Waals surface area contributed by atoms with Crippen LogP contribution in [0.2, 0.25) is 0 Å². The van der Waals surface area contributed by atoms with Crippen LogP contribution in [0.1, 0.15) is 24.2 Å². The maximum atomic E-state index is 12.2. The van der Waals surface area contributed by atoms with Crippen LogP contribution in [0.4, 0.5) is 0 Å². The van der Waals surface area contributed by atoms with Crippen molar-refractivity contribution in [1.29, 1.82) is 0 Å². The van der Waals surface area contributed by atoms with Gasteiger partial charge >= 0.3 is 5.97 Å². The van der Waals surface area contributed by atoms with Crippen molar-refractivity contribution in [3.63, 3.8) is 0 Å². The third-order valence-electron chi connectivity index (χ3n) is 3.61. The zero-order chi connectivity index (χ0) is 17.7. The topological polar surface area (TPSA) is 66.8 Å². The minimum atomic E-state index is -0.724. The molecule has 0 aliphatic heterocycles. The number of benzene rings is 2. The monoisotopic (exact) mass is 327 g/mol. The summed E-state index contributed by atoms with van der Waals surface area (Å²) < 4.78 is 5.06. The summed E-state index contributed by atoms with van der Waals surface area (Å²) in [5.41, 5.74) is 0.896. The first-order valence-electron chi connectivity index (χ1n) is 7.73. The summed E-state index contributed by atoms with van der Waals surface area (Å²) in [4.78, 5) is 25.8. The maximum absolute atomic E-state index is 12.2. The average Bonchev–Trinajstić information content (AvgIpc) is 2.56. The van der Waals surface area contributed by atoms with Crippen LogP contribution in [-0.2, 0) is 9.53 Å². The van der Waals surface area contributed by atoms with Crippen molar-refractivity contribution in [2.24, 2.45) is 0 Å². The van der Waals surface area contributed by atoms with Crippen molar-refractivity contribution in [3.05, 3.63) is 54.1 Å². The van der Waals surface area contributed by atoms with E-state index in [-0.39, 0.29) is 23.8 Å². The first-order chi connectivity index (χ1) is 11.4. The van der Waals surface area contributed by atoms with E-state index in [9.17, 15) is 14.7 Å². The zero-order valence-electron chi connectivity index (χ0n) is 13.9. The highest BCUT2D eigenvalue weighted by atomic mass is 16.5. The predicted molar refractivity (Wildman–Crippen MR) is 93.0 cm³/mol. The summed E-state index contributed by atoms with van der Waals surface area (Å²) in [5.74, 6) is -1.19. The molecular formula is C19H21NO4. The number of likely N-dealkylation sites (N-methyl/N-ethyl adjacent to an activating group) is 1. The molecule has 0 fully saturated rings. The van der Waals surface area contributed by atoms with Gasteiger partial charge in [-0.05, 0) is 36.8 Å². The number of fused-ring (bicyclic) bond motifs is 1. The molecule has 5 heteroatoms. The van der Waals surface area contributed by atoms with Crippen molar-refractivity contribution in [1.82, 2.24) is 4.90 Å². The Morgan fingerprint density at radius 2 is 1.83 bits per heavy atom. The normalized spacial score (nSPS) is 10.4. The molecule has 126 valence electrons. The van der Waals surface area contributed by atoms with Gasteiger partial charge in [0.05, 0.1) is 0 Å². The van der Waals surface area contributed by atoms with E-state index in [2.05, 4.69) is 6.58 Å². The van der Waals surface area contributed by atoms with Gasteiger partial charge in [-0.25, -0.2) is 4.79 Å². The molecule has 1 N–H and O–H groups in total. The van der Waals surface area contributed by atoms with E-state index >= 15 is 0 Å². The zero-order valence-corrected chi connectivity index (χ0v) is 13.9. The number of hydrogen-bond donors (Lipinski definition) is 1. The van der Waals surface area contributed by atoms with Gasteiger partial charge < -0.3 is 14.7 Å². The number of aromatic hydroxyl groups is 1. The van der Waals surface area contributed by atoms with E-state index in [1.54, 1.807) is 11.0 Å². The lowest BCUT2D eigenvalue weighted by atomic mass is 10.1. The van der Waals surface area contributed by atoms with Gasteiger partial charge in [0.15, 0.2) is 6.61 Å². The fourth-order valence-corrected chi connectivity index (χ4v) is 2.39. The lowest BCUT2D eigenvalue weighted by molar-refractivity contribution is -0.133. The minimum absolute atomic E-state index is 0.0458. The van der Waals surface area contributed by atoms with Crippen LogP contribution >= 0.6 is 0 Å². The first kappa shape index (κ1) is 17.5. The highest BCUT2D eigenvalue weighted by molar-refractivity contribution is 5.99. The molecule has 0 aliphatic carbocycles. The molecule has 0 saturated heterocycles. The van der Waals surface area contributed by atoms with E-state index in [1.807, 2.05) is 38.1 Å². The van der Waals surface area contributed by atoms with Crippen molar-refractivity contribution >= 4 is 22.6 Å². The molecule has 0 spiro atoms. The average molecular weight is 327 g/mol. The fourth-order valence-electron chi connectivity index (χ4n) is 2.39. The van der Waals surface area contributed by atoms with Crippen LogP contribution in [0.3, 0.4) is 0 Å². The highest BCUT2D eigenvalue weighted by Gasteiger charge is 2.18. The van der Waals surface area contributed by atoms with E-state index in [0.717, 1.165) is 16.3 Å². The Bertz CT molecular complexity index is 782. The molecule has 24 heavy (non-hydrogen) atoms. The summed E-state index contributed by atoms with van der Waals surface area (Å²) in [6.45, 7) is 8.01. The van der Waals surface area contributed by atoms with E-state index in [1.165, 1.54) is 6.07 Å². The molecule has 2 aromatic rings. The molecule has 0 bridgehead atoms. The van der Waals surface area contributed by atoms with E-state index in [0.29, 0.717) is 13.1 Å². The van der Waals surface area contributed by atoms with Gasteiger partial charge in [0, 0.05) is 13.1 Å². The number of rotatable bonds is 6. The molecule has 0 saturated carbocycles. The number of ether oxygens (including phenoxy) is 1. The fraction of sp³-hybridized carbons (Fsp3) is 0.263. The number of amides is 1. The van der Waals surface area contributed by atoms with Crippen LogP contribution in [-0.4, -0.2) is 41.6 Å². The van der Waals surface area contributed by atoms with Crippen LogP contribution in [0.25, 0.3) is 10.8 Å². The van der Waals surface area contributed by atoms with E-state index in [4.69, 9.17) is 4.74 Å². The summed E-state index contributed by atoms with van der Waals surface area (Å²) in [6.07, 6.45) is 0. The summed E-state index contributed by atoms with van der Waals surface area (Å²) in [6, 6.07) is 10.4. The highest BCUT2D eigenvalue weighted by Crippen LogP contribution is 2.25. The molecule has 5 nitrogen and oxygen atoms in total. The summed E-state index contributed by atoms with van der Waals surface area (Å²) in [5, 5.41) is 11.6. The molecule has 0 aromatic heterocycles. The largest absolute Gasteiger partial charge is 0.507 e. The van der Waals surface area contributed by atoms with Gasteiger partial charge in [0.2, 0.25) is 0 Å². The van der Waals surface area contributed by atoms with Crippen molar-refractivity contribution in [2.45, 2.75) is 13.8 Å². The smallest absolute Gasteiger partial charge is 0.342 e. The van der Waals surface area contributed by atoms with Crippen LogP contribution < -0.4 is 0 Å². The minimum Gasteiger partial charge on any atom is -0.507 e. The van der Waals surface area contributed by atoms with Gasteiger partial charge in [-0.3, -0.25) is 4.79 Å². The Balaban J connectivity index is 2.08. The van der Waals surface area contributed by atoms with Gasteiger partial charge in [0.25, 0.3) is 5.91 Å². The second-order valence-electron chi connectivity index (χ2n) is 5.66. The number of phenolic OH excluding ortho intramolecular Hbond substituents is 1. The predicted octanol–water partition coefficient (Wildman–Crippen LogP) is 3.13. The molecule has 0 radical (unpaired) electrons. The van der Waals surface area contributed by atoms with E-state index < -0.39 is 5.97 Å². The lowest BCUT2D eigenvalue weighted by Gasteiger charge is -2.20. The molecule has 0 aliphatic rings. The first-order valence-corrected chi connectivity index (χ1v) is 7.73. The maximum Gasteiger partial charge on any atom is 0.342 e. The Morgan fingerprint density at radius 1 is 1.21 bits per heavy atom. The number of esters is 1. The van der Waals surface area contributed by atoms with Crippen LogP contribution in [0, 0.1) is 0 Å². The third-order valence-corrected chi connectivity index (χ3v) is 3.61. The number of carbonyl (C=O) groups is 2. The second kappa shape index (κ2) is 7.64. The molecule has 2 aromatic carbocycles. The van der Waals surface area contributed by atoms with Crippen molar-refractivity contribution in [3.8, 4) is 5.75 Å². The van der Waals surface area contributed by atoms with Crippen LogP contribution in [0.15, 0.2) is 48.6 Å². The molecule has 2 rings (SSSR count).